The van der Waals surface area contributed by atoms with Crippen molar-refractivity contribution in [1.82, 2.24) is 0 Å². The van der Waals surface area contributed by atoms with Gasteiger partial charge in [-0.2, -0.15) is 0 Å². The van der Waals surface area contributed by atoms with Gasteiger partial charge in [0.15, 0.2) is 28.8 Å². The van der Waals surface area contributed by atoms with Crippen LogP contribution in [0.5, 0.6) is 57.5 Å². The summed E-state index contributed by atoms with van der Waals surface area (Å²) < 4.78 is 11.2. The van der Waals surface area contributed by atoms with E-state index in [1.54, 1.807) is 0 Å². The quantitative estimate of drug-likeness (QED) is 0.137. The van der Waals surface area contributed by atoms with E-state index in [-0.39, 0.29) is 81.1 Å². The largest absolute Gasteiger partial charge is 0.508 e. The monoisotopic (exact) mass is 546 g/mol. The first-order valence-electron chi connectivity index (χ1n) is 12.1. The van der Waals surface area contributed by atoms with Gasteiger partial charge in [0.1, 0.15) is 34.5 Å². The standard InChI is InChI=1S/C29H22O11/c30-11-5-19(34)25-15(9-39-21(25)7-11)23-13(1-3-17(32)28(23)37)27(36)14-2-4-18(33)29(38)24(14)16-10-40-22-8-12(31)6-20(35)26(16)22/h1-8,15-16,30-35,37-38H,9-10H2. The molecule has 2 atom stereocenters. The molecule has 4 aromatic rings. The van der Waals surface area contributed by atoms with Crippen LogP contribution < -0.4 is 9.47 Å². The molecule has 40 heavy (non-hydrogen) atoms. The van der Waals surface area contributed by atoms with Crippen LogP contribution in [0.15, 0.2) is 48.5 Å². The van der Waals surface area contributed by atoms with Gasteiger partial charge in [0.25, 0.3) is 0 Å². The maximum atomic E-state index is 14.2. The van der Waals surface area contributed by atoms with E-state index in [2.05, 4.69) is 0 Å². The van der Waals surface area contributed by atoms with Gasteiger partial charge in [-0.25, -0.2) is 0 Å². The first-order valence-corrected chi connectivity index (χ1v) is 12.1. The highest BCUT2D eigenvalue weighted by Gasteiger charge is 2.39. The van der Waals surface area contributed by atoms with Gasteiger partial charge < -0.3 is 50.3 Å². The van der Waals surface area contributed by atoms with Crippen molar-refractivity contribution in [3.05, 3.63) is 81.9 Å². The van der Waals surface area contributed by atoms with Crippen molar-refractivity contribution < 1.29 is 55.1 Å². The lowest BCUT2D eigenvalue weighted by atomic mass is 9.82. The van der Waals surface area contributed by atoms with Crippen molar-refractivity contribution in [2.45, 2.75) is 11.8 Å². The van der Waals surface area contributed by atoms with E-state index in [0.717, 1.165) is 24.3 Å². The number of phenols is 8. The molecule has 8 N–H and O–H groups in total. The van der Waals surface area contributed by atoms with Crippen LogP contribution >= 0.6 is 0 Å². The number of carbonyl (C=O) groups excluding carboxylic acids is 1. The van der Waals surface area contributed by atoms with Gasteiger partial charge in [-0.1, -0.05) is 0 Å². The van der Waals surface area contributed by atoms with E-state index in [9.17, 15) is 45.6 Å². The molecule has 11 heteroatoms. The summed E-state index contributed by atoms with van der Waals surface area (Å²) in [6.07, 6.45) is 0. The lowest BCUT2D eigenvalue weighted by molar-refractivity contribution is 0.103. The van der Waals surface area contributed by atoms with E-state index in [0.29, 0.717) is 0 Å². The number of carbonyl (C=O) groups is 1. The summed E-state index contributed by atoms with van der Waals surface area (Å²) in [7, 11) is 0. The Labute approximate surface area is 225 Å². The van der Waals surface area contributed by atoms with Gasteiger partial charge in [-0.3, -0.25) is 4.79 Å². The van der Waals surface area contributed by atoms with Gasteiger partial charge >= 0.3 is 0 Å². The van der Waals surface area contributed by atoms with Crippen LogP contribution in [0.2, 0.25) is 0 Å². The Morgan fingerprint density at radius 1 is 0.550 bits per heavy atom. The Morgan fingerprint density at radius 2 is 0.950 bits per heavy atom. The summed E-state index contributed by atoms with van der Waals surface area (Å²) in [6, 6.07) is 9.47. The molecule has 6 rings (SSSR count). The second-order valence-electron chi connectivity index (χ2n) is 9.60. The minimum Gasteiger partial charge on any atom is -0.508 e. The zero-order valence-corrected chi connectivity index (χ0v) is 20.5. The van der Waals surface area contributed by atoms with Crippen LogP contribution in [-0.4, -0.2) is 59.8 Å². The molecule has 0 saturated carbocycles. The molecule has 0 aromatic heterocycles. The van der Waals surface area contributed by atoms with E-state index in [4.69, 9.17) is 9.47 Å². The highest BCUT2D eigenvalue weighted by Crippen LogP contribution is 2.52. The molecular weight excluding hydrogens is 524 g/mol. The fourth-order valence-electron chi connectivity index (χ4n) is 5.54. The number of fused-ring (bicyclic) bond motifs is 2. The molecular formula is C29H22O11. The van der Waals surface area contributed by atoms with Crippen LogP contribution in [-0.2, 0) is 0 Å². The molecule has 2 aliphatic rings. The third kappa shape index (κ3) is 3.62. The topological polar surface area (TPSA) is 197 Å². The lowest BCUT2D eigenvalue weighted by Gasteiger charge is -2.21. The SMILES string of the molecule is O=C(c1ccc(O)c(O)c1C1COc2cc(O)cc(O)c21)c1ccc(O)c(O)c1C1COc2cc(O)cc(O)c21. The number of rotatable bonds is 4. The molecule has 0 bridgehead atoms. The minimum absolute atomic E-state index is 0.0703. The summed E-state index contributed by atoms with van der Waals surface area (Å²) >= 11 is 0. The predicted molar refractivity (Wildman–Crippen MR) is 137 cm³/mol. The third-order valence-corrected chi connectivity index (χ3v) is 7.30. The minimum atomic E-state index is -0.932. The van der Waals surface area contributed by atoms with Crippen LogP contribution in [0.25, 0.3) is 0 Å². The maximum Gasteiger partial charge on any atom is 0.193 e. The highest BCUT2D eigenvalue weighted by atomic mass is 16.5. The number of hydrogen-bond donors (Lipinski definition) is 8. The molecule has 0 radical (unpaired) electrons. The first-order chi connectivity index (χ1) is 19.1. The third-order valence-electron chi connectivity index (χ3n) is 7.30. The molecule has 0 spiro atoms. The molecule has 0 amide bonds. The molecule has 0 saturated heterocycles. The number of benzene rings is 4. The lowest BCUT2D eigenvalue weighted by Crippen LogP contribution is -2.15. The Hall–Kier alpha value is -5.45. The van der Waals surface area contributed by atoms with Crippen molar-refractivity contribution in [2.75, 3.05) is 13.2 Å². The molecule has 11 nitrogen and oxygen atoms in total. The zero-order chi connectivity index (χ0) is 28.5. The van der Waals surface area contributed by atoms with E-state index >= 15 is 0 Å². The molecule has 0 aliphatic carbocycles. The molecule has 0 fully saturated rings. The molecule has 2 unspecified atom stereocenters. The van der Waals surface area contributed by atoms with E-state index < -0.39 is 40.6 Å². The summed E-state index contributed by atoms with van der Waals surface area (Å²) in [5, 5.41) is 83.3. The normalized spacial score (nSPS) is 17.1. The Balaban J connectivity index is 1.53. The Morgan fingerprint density at radius 3 is 1.35 bits per heavy atom. The fraction of sp³-hybridized carbons (Fsp3) is 0.138. The Bertz CT molecular complexity index is 1600. The number of phenolic OH excluding ortho intramolecular Hbond substituents is 8. The molecule has 204 valence electrons. The molecule has 4 aromatic carbocycles. The average molecular weight is 546 g/mol. The van der Waals surface area contributed by atoms with Crippen LogP contribution in [0, 0.1) is 0 Å². The van der Waals surface area contributed by atoms with Crippen LogP contribution in [0.3, 0.4) is 0 Å². The first kappa shape index (κ1) is 24.9. The Kier molecular flexibility index (Phi) is 5.47. The van der Waals surface area contributed by atoms with Gasteiger partial charge in [-0.05, 0) is 24.3 Å². The van der Waals surface area contributed by atoms with Gasteiger partial charge in [-0.15, -0.1) is 0 Å². The predicted octanol–water partition coefficient (Wildman–Crippen LogP) is 3.61. The summed E-state index contributed by atoms with van der Waals surface area (Å²) in [5.74, 6) is -5.87. The number of ether oxygens (including phenoxy) is 2. The zero-order valence-electron chi connectivity index (χ0n) is 20.5. The highest BCUT2D eigenvalue weighted by molar-refractivity contribution is 6.12. The van der Waals surface area contributed by atoms with Gasteiger partial charge in [0.2, 0.25) is 0 Å². The van der Waals surface area contributed by atoms with Gasteiger partial charge in [0.05, 0.1) is 25.0 Å². The van der Waals surface area contributed by atoms with Crippen LogP contribution in [0.4, 0.5) is 0 Å². The summed E-state index contributed by atoms with van der Waals surface area (Å²) in [5.41, 5.74) is 0.0150. The number of ketones is 1. The summed E-state index contributed by atoms with van der Waals surface area (Å²) in [6.45, 7) is -0.281. The van der Waals surface area contributed by atoms with Crippen LogP contribution in [0.1, 0.15) is 50.0 Å². The van der Waals surface area contributed by atoms with Crippen molar-refractivity contribution >= 4 is 5.78 Å². The van der Waals surface area contributed by atoms with Gasteiger partial charge in [0, 0.05) is 57.6 Å². The second kappa shape index (κ2) is 8.80. The average Bonchev–Trinajstić information content (AvgIpc) is 3.51. The van der Waals surface area contributed by atoms with Crippen molar-refractivity contribution in [3.63, 3.8) is 0 Å². The van der Waals surface area contributed by atoms with Crippen molar-refractivity contribution in [2.24, 2.45) is 0 Å². The van der Waals surface area contributed by atoms with Crippen molar-refractivity contribution in [3.8, 4) is 57.5 Å². The summed E-state index contributed by atoms with van der Waals surface area (Å²) in [4.78, 5) is 14.2. The van der Waals surface area contributed by atoms with E-state index in [1.807, 2.05) is 0 Å². The van der Waals surface area contributed by atoms with Crippen molar-refractivity contribution in [1.29, 1.82) is 0 Å². The molecule has 2 heterocycles. The maximum absolute atomic E-state index is 14.2. The second-order valence-corrected chi connectivity index (χ2v) is 9.60. The fourth-order valence-corrected chi connectivity index (χ4v) is 5.54. The smallest absolute Gasteiger partial charge is 0.193 e. The van der Waals surface area contributed by atoms with E-state index in [1.165, 1.54) is 24.3 Å². The number of aromatic hydroxyl groups is 8. The molecule has 2 aliphatic heterocycles. The number of hydrogen-bond acceptors (Lipinski definition) is 11.